The van der Waals surface area contributed by atoms with Crippen LogP contribution >= 0.6 is 0 Å². The summed E-state index contributed by atoms with van der Waals surface area (Å²) >= 11 is 0. The number of nitrogens with two attached hydrogens (primary N) is 1. The number of rotatable bonds is 6. The number of aromatic nitrogens is 2. The van der Waals surface area contributed by atoms with Crippen LogP contribution in [0.5, 0.6) is 0 Å². The predicted molar refractivity (Wildman–Crippen MR) is 103 cm³/mol. The second kappa shape index (κ2) is 8.22. The number of carbonyl (C=O) groups is 2. The largest absolute Gasteiger partial charge is 0.368 e. The van der Waals surface area contributed by atoms with E-state index in [1.165, 1.54) is 22.0 Å². The Morgan fingerprint density at radius 2 is 1.69 bits per heavy atom. The number of halogens is 2. The first-order valence-corrected chi connectivity index (χ1v) is 8.89. The van der Waals surface area contributed by atoms with E-state index in [0.29, 0.717) is 5.56 Å². The van der Waals surface area contributed by atoms with Gasteiger partial charge in [0.1, 0.15) is 23.4 Å². The summed E-state index contributed by atoms with van der Waals surface area (Å²) in [5, 5.41) is 0. The van der Waals surface area contributed by atoms with E-state index in [1.807, 2.05) is 0 Å². The average Bonchev–Trinajstić information content (AvgIpc) is 3.10. The van der Waals surface area contributed by atoms with Crippen molar-refractivity contribution in [1.82, 2.24) is 14.5 Å². The normalized spacial score (nSPS) is 13.0. The fraction of sp³-hybridized carbons (Fsp3) is 0.190. The topological polar surface area (TPSA) is 81.2 Å². The molecule has 0 radical (unpaired) electrons. The number of carbonyl (C=O) groups excluding carboxylic acids is 2. The SMILES string of the molecule is C[C@H](c1cc(F)cc(F)c1)N(C(=O)c1cncn1C)[C@@H](C(N)=O)c1ccccc1. The van der Waals surface area contributed by atoms with Crippen molar-refractivity contribution in [3.8, 4) is 0 Å². The molecule has 6 nitrogen and oxygen atoms in total. The number of amides is 2. The summed E-state index contributed by atoms with van der Waals surface area (Å²) in [6, 6.07) is 9.50. The quantitative estimate of drug-likeness (QED) is 0.693. The van der Waals surface area contributed by atoms with Gasteiger partial charge in [0.2, 0.25) is 5.91 Å². The van der Waals surface area contributed by atoms with Crippen molar-refractivity contribution in [3.05, 3.63) is 89.5 Å². The highest BCUT2D eigenvalue weighted by atomic mass is 19.1. The number of hydrogen-bond donors (Lipinski definition) is 1. The maximum Gasteiger partial charge on any atom is 0.273 e. The van der Waals surface area contributed by atoms with Crippen LogP contribution in [0.2, 0.25) is 0 Å². The van der Waals surface area contributed by atoms with Gasteiger partial charge in [-0.05, 0) is 30.2 Å². The van der Waals surface area contributed by atoms with Crippen LogP contribution in [0.25, 0.3) is 0 Å². The highest BCUT2D eigenvalue weighted by Crippen LogP contribution is 2.33. The molecule has 0 saturated carbocycles. The Morgan fingerprint density at radius 3 is 2.21 bits per heavy atom. The molecule has 0 bridgehead atoms. The zero-order valence-corrected chi connectivity index (χ0v) is 15.9. The first kappa shape index (κ1) is 20.2. The van der Waals surface area contributed by atoms with E-state index in [1.54, 1.807) is 44.3 Å². The van der Waals surface area contributed by atoms with Gasteiger partial charge < -0.3 is 15.2 Å². The first-order chi connectivity index (χ1) is 13.8. The first-order valence-electron chi connectivity index (χ1n) is 8.89. The van der Waals surface area contributed by atoms with Crippen molar-refractivity contribution in [2.24, 2.45) is 12.8 Å². The van der Waals surface area contributed by atoms with E-state index < -0.39 is 35.5 Å². The van der Waals surface area contributed by atoms with Gasteiger partial charge in [0.05, 0.1) is 18.6 Å². The Morgan fingerprint density at radius 1 is 1.07 bits per heavy atom. The second-order valence-electron chi connectivity index (χ2n) is 6.70. The molecule has 1 heterocycles. The lowest BCUT2D eigenvalue weighted by molar-refractivity contribution is -0.123. The molecule has 2 aromatic carbocycles. The number of benzene rings is 2. The molecule has 0 aliphatic heterocycles. The van der Waals surface area contributed by atoms with Crippen molar-refractivity contribution >= 4 is 11.8 Å². The van der Waals surface area contributed by atoms with Gasteiger partial charge >= 0.3 is 0 Å². The van der Waals surface area contributed by atoms with Gasteiger partial charge in [0.15, 0.2) is 0 Å². The molecule has 0 fully saturated rings. The van der Waals surface area contributed by atoms with Gasteiger partial charge in [-0.2, -0.15) is 0 Å². The summed E-state index contributed by atoms with van der Waals surface area (Å²) in [5.41, 5.74) is 6.56. The van der Waals surface area contributed by atoms with Crippen molar-refractivity contribution in [2.45, 2.75) is 19.0 Å². The molecule has 0 spiro atoms. The van der Waals surface area contributed by atoms with Crippen molar-refractivity contribution in [1.29, 1.82) is 0 Å². The van der Waals surface area contributed by atoms with Gasteiger partial charge in [0.25, 0.3) is 5.91 Å². The predicted octanol–water partition coefficient (Wildman–Crippen LogP) is 3.13. The van der Waals surface area contributed by atoms with Crippen LogP contribution in [0.4, 0.5) is 8.78 Å². The van der Waals surface area contributed by atoms with Crippen LogP contribution in [0.1, 0.15) is 40.6 Å². The Labute approximate surface area is 166 Å². The second-order valence-corrected chi connectivity index (χ2v) is 6.70. The molecule has 3 rings (SSSR count). The minimum absolute atomic E-state index is 0.195. The number of hydrogen-bond acceptors (Lipinski definition) is 3. The smallest absolute Gasteiger partial charge is 0.273 e. The minimum atomic E-state index is -1.15. The van der Waals surface area contributed by atoms with Crippen LogP contribution in [0, 0.1) is 11.6 Å². The third-order valence-electron chi connectivity index (χ3n) is 4.72. The molecule has 1 aromatic heterocycles. The highest BCUT2D eigenvalue weighted by molar-refractivity contribution is 5.96. The molecule has 3 aromatic rings. The van der Waals surface area contributed by atoms with Gasteiger partial charge in [0, 0.05) is 13.1 Å². The lowest BCUT2D eigenvalue weighted by Gasteiger charge is -2.35. The van der Waals surface area contributed by atoms with Crippen LogP contribution in [0.3, 0.4) is 0 Å². The summed E-state index contributed by atoms with van der Waals surface area (Å²) in [5.74, 6) is -2.88. The third-order valence-corrected chi connectivity index (χ3v) is 4.72. The zero-order chi connectivity index (χ0) is 21.1. The lowest BCUT2D eigenvalue weighted by Crippen LogP contribution is -2.43. The summed E-state index contributed by atoms with van der Waals surface area (Å²) in [6.45, 7) is 1.58. The standard InChI is InChI=1S/C21H20F2N4O2/c1-13(15-8-16(22)10-17(23)9-15)27(21(29)18-11-25-12-26(18)2)19(20(24)28)14-6-4-3-5-7-14/h3-13,19H,1-2H3,(H2,24,28)/t13-,19-/m1/s1. The summed E-state index contributed by atoms with van der Waals surface area (Å²) < 4.78 is 29.1. The number of nitrogens with zero attached hydrogens (tertiary/aromatic N) is 3. The molecule has 150 valence electrons. The van der Waals surface area contributed by atoms with E-state index in [-0.39, 0.29) is 11.3 Å². The van der Waals surface area contributed by atoms with E-state index in [2.05, 4.69) is 4.98 Å². The van der Waals surface area contributed by atoms with Gasteiger partial charge in [-0.25, -0.2) is 13.8 Å². The molecule has 0 saturated heterocycles. The zero-order valence-electron chi connectivity index (χ0n) is 15.9. The van der Waals surface area contributed by atoms with Gasteiger partial charge in [-0.15, -0.1) is 0 Å². The van der Waals surface area contributed by atoms with Crippen molar-refractivity contribution < 1.29 is 18.4 Å². The van der Waals surface area contributed by atoms with E-state index in [0.717, 1.165) is 18.2 Å². The minimum Gasteiger partial charge on any atom is -0.368 e. The van der Waals surface area contributed by atoms with E-state index >= 15 is 0 Å². The van der Waals surface area contributed by atoms with Crippen LogP contribution in [-0.4, -0.2) is 26.3 Å². The Hall–Kier alpha value is -3.55. The van der Waals surface area contributed by atoms with Crippen LogP contribution in [0.15, 0.2) is 61.1 Å². The summed E-state index contributed by atoms with van der Waals surface area (Å²) in [4.78, 5) is 31.0. The molecule has 2 atom stereocenters. The molecule has 29 heavy (non-hydrogen) atoms. The molecular weight excluding hydrogens is 378 g/mol. The van der Waals surface area contributed by atoms with E-state index in [9.17, 15) is 18.4 Å². The monoisotopic (exact) mass is 398 g/mol. The van der Waals surface area contributed by atoms with Crippen LogP contribution < -0.4 is 5.73 Å². The Balaban J connectivity index is 2.16. The molecule has 0 aliphatic carbocycles. The van der Waals surface area contributed by atoms with Gasteiger partial charge in [-0.3, -0.25) is 9.59 Å². The summed E-state index contributed by atoms with van der Waals surface area (Å²) in [6.07, 6.45) is 2.80. The maximum atomic E-state index is 13.8. The third kappa shape index (κ3) is 4.16. The van der Waals surface area contributed by atoms with Crippen LogP contribution in [-0.2, 0) is 11.8 Å². The molecular formula is C21H20F2N4O2. The van der Waals surface area contributed by atoms with E-state index in [4.69, 9.17) is 5.73 Å². The number of aryl methyl sites for hydroxylation is 1. The molecule has 2 amide bonds. The molecule has 2 N–H and O–H groups in total. The van der Waals surface area contributed by atoms with Crippen molar-refractivity contribution in [2.75, 3.05) is 0 Å². The number of imidazole rings is 1. The molecule has 0 aliphatic rings. The lowest BCUT2D eigenvalue weighted by atomic mass is 9.98. The Kier molecular flexibility index (Phi) is 5.72. The maximum absolute atomic E-state index is 13.8. The number of primary amides is 1. The molecule has 8 heteroatoms. The van der Waals surface area contributed by atoms with Gasteiger partial charge in [-0.1, -0.05) is 30.3 Å². The summed E-state index contributed by atoms with van der Waals surface area (Å²) in [7, 11) is 1.63. The van der Waals surface area contributed by atoms with Crippen molar-refractivity contribution in [3.63, 3.8) is 0 Å². The fourth-order valence-corrected chi connectivity index (χ4v) is 3.29. The average molecular weight is 398 g/mol. The Bertz CT molecular complexity index is 1020. The highest BCUT2D eigenvalue weighted by Gasteiger charge is 2.36. The fourth-order valence-electron chi connectivity index (χ4n) is 3.29. The molecule has 0 unspecified atom stereocenters.